The Bertz CT molecular complexity index is 1270. The summed E-state index contributed by atoms with van der Waals surface area (Å²) in [5, 5.41) is 5.76. The van der Waals surface area contributed by atoms with Gasteiger partial charge < -0.3 is 20.3 Å². The summed E-state index contributed by atoms with van der Waals surface area (Å²) in [6.07, 6.45) is 1.10. The molecule has 34 heavy (non-hydrogen) atoms. The quantitative estimate of drug-likeness (QED) is 0.559. The van der Waals surface area contributed by atoms with Gasteiger partial charge in [-0.05, 0) is 42.5 Å². The zero-order valence-corrected chi connectivity index (χ0v) is 19.6. The van der Waals surface area contributed by atoms with Gasteiger partial charge in [-0.15, -0.1) is 11.3 Å². The minimum Gasteiger partial charge on any atom is -0.453 e. The smallest absolute Gasteiger partial charge is 0.409 e. The number of pyridine rings is 1. The van der Waals surface area contributed by atoms with Crippen molar-refractivity contribution in [2.75, 3.05) is 20.2 Å². The number of nitrogens with zero attached hydrogens (tertiary/aromatic N) is 2. The van der Waals surface area contributed by atoms with E-state index in [9.17, 15) is 19.2 Å². The summed E-state index contributed by atoms with van der Waals surface area (Å²) in [6.45, 7) is 0.352. The highest BCUT2D eigenvalue weighted by Crippen LogP contribution is 2.22. The summed E-state index contributed by atoms with van der Waals surface area (Å²) in [6, 6.07) is 13.6. The lowest BCUT2D eigenvalue weighted by molar-refractivity contribution is 0.0898. The summed E-state index contributed by atoms with van der Waals surface area (Å²) >= 11 is 7.06. The molecule has 1 aliphatic rings. The number of ether oxygens (including phenoxy) is 1. The van der Waals surface area contributed by atoms with Gasteiger partial charge in [0.1, 0.15) is 0 Å². The molecule has 4 rings (SSSR count). The van der Waals surface area contributed by atoms with E-state index >= 15 is 0 Å². The van der Waals surface area contributed by atoms with Crippen LogP contribution in [-0.2, 0) is 4.74 Å². The minimum absolute atomic E-state index is 0.173. The van der Waals surface area contributed by atoms with Gasteiger partial charge in [-0.25, -0.2) is 4.79 Å². The van der Waals surface area contributed by atoms with Crippen molar-refractivity contribution < 1.29 is 19.1 Å². The Morgan fingerprint density at radius 1 is 0.971 bits per heavy atom. The third-order valence-corrected chi connectivity index (χ3v) is 6.64. The summed E-state index contributed by atoms with van der Waals surface area (Å²) in [5.41, 5.74) is 0.818. The molecule has 1 saturated heterocycles. The molecule has 0 saturated carbocycles. The molecule has 2 atom stereocenters. The lowest BCUT2D eigenvalue weighted by Gasteiger charge is -2.20. The molecule has 176 valence electrons. The topological polar surface area (TPSA) is 110 Å². The number of benzene rings is 1. The molecule has 2 N–H and O–H groups in total. The fraction of sp³-hybridized carbons (Fsp3) is 0.217. The number of likely N-dealkylation sites (tertiary alicyclic amines) is 1. The molecule has 0 radical (unpaired) electrons. The van der Waals surface area contributed by atoms with Crippen LogP contribution in [0, 0.1) is 0 Å². The van der Waals surface area contributed by atoms with Crippen molar-refractivity contribution in [2.45, 2.75) is 12.1 Å². The monoisotopic (exact) mass is 500 g/mol. The molecular weight excluding hydrogens is 480 g/mol. The highest BCUT2D eigenvalue weighted by molar-refractivity contribution is 7.18. The summed E-state index contributed by atoms with van der Waals surface area (Å²) in [4.78, 5) is 51.5. The first kappa shape index (κ1) is 23.5. The third-order valence-electron chi connectivity index (χ3n) is 5.41. The van der Waals surface area contributed by atoms with Crippen molar-refractivity contribution in [3.8, 4) is 5.69 Å². The van der Waals surface area contributed by atoms with E-state index in [0.717, 1.165) is 11.3 Å². The van der Waals surface area contributed by atoms with E-state index in [4.69, 9.17) is 16.3 Å². The first-order chi connectivity index (χ1) is 16.4. The van der Waals surface area contributed by atoms with E-state index in [2.05, 4.69) is 10.6 Å². The molecule has 1 aliphatic heterocycles. The van der Waals surface area contributed by atoms with Crippen LogP contribution in [0.1, 0.15) is 20.0 Å². The predicted molar refractivity (Wildman–Crippen MR) is 128 cm³/mol. The van der Waals surface area contributed by atoms with E-state index in [-0.39, 0.29) is 30.5 Å². The molecule has 0 aliphatic carbocycles. The number of nitrogens with one attached hydrogen (secondary N) is 2. The summed E-state index contributed by atoms with van der Waals surface area (Å²) in [7, 11) is 1.27. The van der Waals surface area contributed by atoms with E-state index in [0.29, 0.717) is 20.5 Å². The molecule has 0 unspecified atom stereocenters. The lowest BCUT2D eigenvalue weighted by atomic mass is 10.1. The second-order valence-corrected chi connectivity index (χ2v) is 9.31. The number of aromatic nitrogens is 1. The Morgan fingerprint density at radius 3 is 2.24 bits per heavy atom. The number of thiophene rings is 1. The number of hydrogen-bond donors (Lipinski definition) is 2. The zero-order valence-electron chi connectivity index (χ0n) is 18.1. The second kappa shape index (κ2) is 10.1. The maximum atomic E-state index is 12.9. The van der Waals surface area contributed by atoms with Crippen LogP contribution in [0.3, 0.4) is 0 Å². The van der Waals surface area contributed by atoms with Crippen LogP contribution in [0.25, 0.3) is 5.69 Å². The van der Waals surface area contributed by atoms with Crippen LogP contribution in [0.4, 0.5) is 4.79 Å². The van der Waals surface area contributed by atoms with Gasteiger partial charge in [0.25, 0.3) is 17.4 Å². The number of methoxy groups -OCH3 is 1. The Kier molecular flexibility index (Phi) is 6.99. The Hall–Kier alpha value is -3.63. The number of amides is 3. The van der Waals surface area contributed by atoms with Gasteiger partial charge >= 0.3 is 6.09 Å². The first-order valence-electron chi connectivity index (χ1n) is 10.3. The summed E-state index contributed by atoms with van der Waals surface area (Å²) in [5.74, 6) is -0.715. The maximum absolute atomic E-state index is 12.9. The van der Waals surface area contributed by atoms with Crippen LogP contribution >= 0.6 is 22.9 Å². The van der Waals surface area contributed by atoms with E-state index in [1.54, 1.807) is 54.7 Å². The van der Waals surface area contributed by atoms with E-state index < -0.39 is 18.2 Å². The molecule has 1 fully saturated rings. The highest BCUT2D eigenvalue weighted by Gasteiger charge is 2.38. The zero-order chi connectivity index (χ0) is 24.2. The lowest BCUT2D eigenvalue weighted by Crippen LogP contribution is -2.50. The van der Waals surface area contributed by atoms with E-state index in [1.807, 2.05) is 0 Å². The molecule has 3 heterocycles. The Labute approximate surface area is 203 Å². The number of hydrogen-bond acceptors (Lipinski definition) is 6. The second-order valence-electron chi connectivity index (χ2n) is 7.59. The standard InChI is InChI=1S/C23H21ClN4O5S/c1-33-23(32)27-12-16(17(13-27)26-22(31)18-9-10-19(24)34-18)25-21(30)14-5-7-15(8-6-14)28-11-3-2-4-20(28)29/h2-11,16-17H,12-13H2,1H3,(H,25,30)(H,26,31)/t16-,17+/m0/s1. The third kappa shape index (κ3) is 5.13. The van der Waals surface area contributed by atoms with E-state index in [1.165, 1.54) is 22.6 Å². The van der Waals surface area contributed by atoms with Gasteiger partial charge in [-0.2, -0.15) is 0 Å². The van der Waals surface area contributed by atoms with Crippen molar-refractivity contribution >= 4 is 40.8 Å². The van der Waals surface area contributed by atoms with Crippen LogP contribution in [-0.4, -0.2) is 59.7 Å². The molecule has 2 aromatic heterocycles. The normalized spacial score (nSPS) is 17.3. The van der Waals surface area contributed by atoms with Crippen molar-refractivity contribution in [1.82, 2.24) is 20.1 Å². The van der Waals surface area contributed by atoms with Crippen LogP contribution in [0.15, 0.2) is 65.6 Å². The average molecular weight is 501 g/mol. The molecule has 9 nitrogen and oxygen atoms in total. The van der Waals surface area contributed by atoms with Gasteiger partial charge in [0.05, 0.1) is 28.4 Å². The van der Waals surface area contributed by atoms with Crippen molar-refractivity contribution in [2.24, 2.45) is 0 Å². The number of carbonyl (C=O) groups excluding carboxylic acids is 3. The van der Waals surface area contributed by atoms with Gasteiger partial charge in [-0.1, -0.05) is 17.7 Å². The first-order valence-corrected chi connectivity index (χ1v) is 11.5. The highest BCUT2D eigenvalue weighted by atomic mass is 35.5. The summed E-state index contributed by atoms with van der Waals surface area (Å²) < 4.78 is 6.75. The molecular formula is C23H21ClN4O5S. The molecule has 0 spiro atoms. The average Bonchev–Trinajstić information content (AvgIpc) is 3.45. The fourth-order valence-electron chi connectivity index (χ4n) is 3.72. The fourth-order valence-corrected chi connectivity index (χ4v) is 4.66. The Balaban J connectivity index is 1.48. The largest absolute Gasteiger partial charge is 0.453 e. The molecule has 3 amide bonds. The van der Waals surface area contributed by atoms with Gasteiger partial charge in [0.2, 0.25) is 0 Å². The van der Waals surface area contributed by atoms with Crippen molar-refractivity contribution in [3.63, 3.8) is 0 Å². The van der Waals surface area contributed by atoms with Gasteiger partial charge in [0.15, 0.2) is 0 Å². The number of halogens is 1. The van der Waals surface area contributed by atoms with Crippen LogP contribution in [0.2, 0.25) is 4.34 Å². The minimum atomic E-state index is -0.548. The SMILES string of the molecule is COC(=O)N1C[C@H](NC(=O)c2ccc(-n3ccccc3=O)cc2)[C@H](NC(=O)c2ccc(Cl)s2)C1. The van der Waals surface area contributed by atoms with Gasteiger partial charge in [-0.3, -0.25) is 19.0 Å². The van der Waals surface area contributed by atoms with Crippen molar-refractivity contribution in [1.29, 1.82) is 0 Å². The van der Waals surface area contributed by atoms with Crippen LogP contribution < -0.4 is 16.2 Å². The van der Waals surface area contributed by atoms with Gasteiger partial charge in [0, 0.05) is 36.6 Å². The molecule has 11 heteroatoms. The number of carbonyl (C=O) groups is 3. The molecule has 1 aromatic carbocycles. The Morgan fingerprint density at radius 2 is 1.65 bits per heavy atom. The predicted octanol–water partition coefficient (Wildman–Crippen LogP) is 2.53. The molecule has 0 bridgehead atoms. The number of rotatable bonds is 5. The van der Waals surface area contributed by atoms with Crippen molar-refractivity contribution in [3.05, 3.63) is 85.9 Å². The molecule has 3 aromatic rings. The van der Waals surface area contributed by atoms with Crippen LogP contribution in [0.5, 0.6) is 0 Å². The maximum Gasteiger partial charge on any atom is 0.409 e.